The first-order chi connectivity index (χ1) is 25.7. The Morgan fingerprint density at radius 2 is 1.13 bits per heavy atom. The van der Waals surface area contributed by atoms with Gasteiger partial charge in [-0.3, -0.25) is 4.98 Å². The van der Waals surface area contributed by atoms with Crippen molar-refractivity contribution in [3.8, 4) is 73.5 Å². The van der Waals surface area contributed by atoms with Crippen molar-refractivity contribution in [3.63, 3.8) is 0 Å². The number of rotatable bonds is 6. The normalized spacial score (nSPS) is 11.1. The Labute approximate surface area is 301 Å². The Bertz CT molecular complexity index is 2820. The number of phenolic OH excluding ortho intramolecular Hbond substituents is 1. The monoisotopic (exact) mass is 666 g/mol. The van der Waals surface area contributed by atoms with Gasteiger partial charge in [0.25, 0.3) is 0 Å². The number of hydrogen-bond donors (Lipinski definition) is 1. The lowest BCUT2D eigenvalue weighted by Gasteiger charge is -2.13. The van der Waals surface area contributed by atoms with Crippen LogP contribution < -0.4 is 0 Å². The molecule has 0 spiro atoms. The van der Waals surface area contributed by atoms with Gasteiger partial charge in [-0.25, -0.2) is 4.98 Å². The molecule has 1 N–H and O–H groups in total. The van der Waals surface area contributed by atoms with Crippen LogP contribution in [0.5, 0.6) is 5.75 Å². The summed E-state index contributed by atoms with van der Waals surface area (Å²) in [6.07, 6.45) is 1.88. The van der Waals surface area contributed by atoms with Crippen LogP contribution in [0.4, 0.5) is 0 Å². The fourth-order valence-electron chi connectivity index (χ4n) is 7.14. The van der Waals surface area contributed by atoms with Gasteiger partial charge in [-0.05, 0) is 77.4 Å². The molecule has 9 rings (SSSR count). The van der Waals surface area contributed by atoms with Crippen LogP contribution in [0.2, 0.25) is 0 Å². The van der Waals surface area contributed by atoms with Crippen LogP contribution in [-0.2, 0) is 0 Å². The minimum Gasteiger partial charge on any atom is -0.506 e. The minimum atomic E-state index is -0.0789. The number of benzene rings is 6. The number of phenols is 1. The number of nitrogens with zero attached hydrogens (tertiary/aromatic N) is 4. The second kappa shape index (κ2) is 12.9. The number of hydrogen-bond acceptors (Lipinski definition) is 4. The summed E-state index contributed by atoms with van der Waals surface area (Å²) in [6, 6.07) is 59.5. The standard InChI is InChI=1S/C47H30N4O/c48-30-35-16-10-22-41(47(35)52)44-29-36(31-12-3-1-4-13-31)28-43(50-44)34-15-9-14-33(26-34)42-27-32(24-25-49-42)38-20-11-21-40-39-19-7-8-23-45(39)51(46(38)40)37-17-5-2-6-18-37/h1-29,52H. The summed E-state index contributed by atoms with van der Waals surface area (Å²) in [7, 11) is 0. The summed E-state index contributed by atoms with van der Waals surface area (Å²) in [5, 5.41) is 23.0. The molecule has 0 bridgehead atoms. The molecule has 0 aliphatic rings. The molecular weight excluding hydrogens is 637 g/mol. The largest absolute Gasteiger partial charge is 0.506 e. The fraction of sp³-hybridized carbons (Fsp3) is 0. The molecule has 52 heavy (non-hydrogen) atoms. The van der Waals surface area contributed by atoms with Crippen molar-refractivity contribution in [2.24, 2.45) is 0 Å². The van der Waals surface area contributed by atoms with Crippen molar-refractivity contribution in [1.82, 2.24) is 14.5 Å². The number of nitriles is 1. The smallest absolute Gasteiger partial charge is 0.142 e. The number of fused-ring (bicyclic) bond motifs is 3. The third-order valence-electron chi connectivity index (χ3n) is 9.60. The molecule has 0 radical (unpaired) electrons. The highest BCUT2D eigenvalue weighted by Gasteiger charge is 2.18. The first kappa shape index (κ1) is 30.7. The highest BCUT2D eigenvalue weighted by Crippen LogP contribution is 2.40. The van der Waals surface area contributed by atoms with E-state index in [9.17, 15) is 10.4 Å². The molecule has 3 aromatic heterocycles. The van der Waals surface area contributed by atoms with E-state index in [1.807, 2.05) is 48.7 Å². The molecule has 0 atom stereocenters. The number of pyridine rings is 2. The van der Waals surface area contributed by atoms with Crippen molar-refractivity contribution in [2.75, 3.05) is 0 Å². The predicted molar refractivity (Wildman–Crippen MR) is 210 cm³/mol. The SMILES string of the molecule is N#Cc1cccc(-c2cc(-c3ccccc3)cc(-c3cccc(-c4cc(-c5cccc6c7ccccc7n(-c7ccccc7)c56)ccn4)c3)n2)c1O. The second-order valence-electron chi connectivity index (χ2n) is 12.7. The Balaban J connectivity index is 1.18. The molecular formula is C47H30N4O. The van der Waals surface area contributed by atoms with Gasteiger partial charge in [0.05, 0.1) is 33.7 Å². The van der Waals surface area contributed by atoms with Crippen LogP contribution in [0.1, 0.15) is 5.56 Å². The molecule has 6 aromatic carbocycles. The molecule has 5 nitrogen and oxygen atoms in total. The molecule has 0 saturated heterocycles. The molecule has 0 aliphatic heterocycles. The van der Waals surface area contributed by atoms with Gasteiger partial charge in [0.2, 0.25) is 0 Å². The van der Waals surface area contributed by atoms with Crippen molar-refractivity contribution in [2.45, 2.75) is 0 Å². The highest BCUT2D eigenvalue weighted by atomic mass is 16.3. The van der Waals surface area contributed by atoms with Crippen molar-refractivity contribution >= 4 is 21.8 Å². The quantitative estimate of drug-likeness (QED) is 0.192. The van der Waals surface area contributed by atoms with Gasteiger partial charge in [0.15, 0.2) is 0 Å². The third-order valence-corrected chi connectivity index (χ3v) is 9.60. The Kier molecular flexibility index (Phi) is 7.61. The third kappa shape index (κ3) is 5.36. The van der Waals surface area contributed by atoms with Crippen LogP contribution in [0.25, 0.3) is 83.5 Å². The summed E-state index contributed by atoms with van der Waals surface area (Å²) in [5.74, 6) is -0.0789. The van der Waals surface area contributed by atoms with Crippen LogP contribution in [0.3, 0.4) is 0 Å². The van der Waals surface area contributed by atoms with Gasteiger partial charge in [0.1, 0.15) is 11.8 Å². The van der Waals surface area contributed by atoms with E-state index < -0.39 is 0 Å². The van der Waals surface area contributed by atoms with E-state index in [1.165, 1.54) is 10.8 Å². The van der Waals surface area contributed by atoms with Gasteiger partial charge < -0.3 is 9.67 Å². The van der Waals surface area contributed by atoms with E-state index in [0.717, 1.165) is 61.5 Å². The number of aromatic hydroxyl groups is 1. The van der Waals surface area contributed by atoms with E-state index in [0.29, 0.717) is 11.3 Å². The Hall–Kier alpha value is -7.29. The van der Waals surface area contributed by atoms with Gasteiger partial charge >= 0.3 is 0 Å². The maximum atomic E-state index is 11.0. The second-order valence-corrected chi connectivity index (χ2v) is 12.7. The zero-order chi connectivity index (χ0) is 35.0. The van der Waals surface area contributed by atoms with Crippen LogP contribution in [0, 0.1) is 11.3 Å². The van der Waals surface area contributed by atoms with Crippen molar-refractivity contribution < 1.29 is 5.11 Å². The van der Waals surface area contributed by atoms with Crippen LogP contribution in [-0.4, -0.2) is 19.6 Å². The van der Waals surface area contributed by atoms with Crippen LogP contribution in [0.15, 0.2) is 176 Å². The topological polar surface area (TPSA) is 74.7 Å². The van der Waals surface area contributed by atoms with Crippen LogP contribution >= 0.6 is 0 Å². The zero-order valence-electron chi connectivity index (χ0n) is 28.0. The van der Waals surface area contributed by atoms with Gasteiger partial charge in [-0.2, -0.15) is 5.26 Å². The lowest BCUT2D eigenvalue weighted by Crippen LogP contribution is -1.95. The Morgan fingerprint density at radius 1 is 0.500 bits per heavy atom. The summed E-state index contributed by atoms with van der Waals surface area (Å²) in [6.45, 7) is 0. The van der Waals surface area contributed by atoms with Crippen molar-refractivity contribution in [1.29, 1.82) is 5.26 Å². The van der Waals surface area contributed by atoms with E-state index in [-0.39, 0.29) is 11.3 Å². The molecule has 0 aliphatic carbocycles. The number of aromatic nitrogens is 3. The average Bonchev–Trinajstić information content (AvgIpc) is 3.56. The molecule has 0 saturated carbocycles. The summed E-state index contributed by atoms with van der Waals surface area (Å²) < 4.78 is 2.35. The van der Waals surface area contributed by atoms with E-state index in [1.54, 1.807) is 18.2 Å². The molecule has 0 fully saturated rings. The summed E-state index contributed by atoms with van der Waals surface area (Å²) >= 11 is 0. The molecule has 5 heteroatoms. The van der Waals surface area contributed by atoms with E-state index in [2.05, 4.69) is 120 Å². The van der Waals surface area contributed by atoms with Crippen molar-refractivity contribution in [3.05, 3.63) is 182 Å². The average molecular weight is 667 g/mol. The maximum Gasteiger partial charge on any atom is 0.142 e. The number of para-hydroxylation sites is 4. The van der Waals surface area contributed by atoms with Gasteiger partial charge in [0, 0.05) is 44.9 Å². The lowest BCUT2D eigenvalue weighted by atomic mass is 9.97. The molecule has 0 amide bonds. The van der Waals surface area contributed by atoms with Gasteiger partial charge in [-0.15, -0.1) is 0 Å². The molecule has 9 aromatic rings. The molecule has 0 unspecified atom stereocenters. The first-order valence-corrected chi connectivity index (χ1v) is 17.1. The van der Waals surface area contributed by atoms with E-state index >= 15 is 0 Å². The lowest BCUT2D eigenvalue weighted by molar-refractivity contribution is 0.475. The molecule has 3 heterocycles. The molecule has 244 valence electrons. The summed E-state index contributed by atoms with van der Waals surface area (Å²) in [4.78, 5) is 9.88. The highest BCUT2D eigenvalue weighted by molar-refractivity contribution is 6.13. The fourth-order valence-corrected chi connectivity index (χ4v) is 7.14. The van der Waals surface area contributed by atoms with E-state index in [4.69, 9.17) is 9.97 Å². The minimum absolute atomic E-state index is 0.0789. The van der Waals surface area contributed by atoms with Gasteiger partial charge in [-0.1, -0.05) is 109 Å². The predicted octanol–water partition coefficient (Wildman–Crippen LogP) is 11.5. The summed E-state index contributed by atoms with van der Waals surface area (Å²) in [5.41, 5.74) is 12.3. The Morgan fingerprint density at radius 3 is 1.96 bits per heavy atom. The first-order valence-electron chi connectivity index (χ1n) is 17.1. The maximum absolute atomic E-state index is 11.0. The zero-order valence-corrected chi connectivity index (χ0v) is 28.0.